The molecule has 0 radical (unpaired) electrons. The molecule has 150 valence electrons. The van der Waals surface area contributed by atoms with Crippen LogP contribution in [0.4, 0.5) is 4.79 Å². The lowest BCUT2D eigenvalue weighted by molar-refractivity contribution is 0.0696. The minimum Gasteiger partial charge on any atom is -0.478 e. The van der Waals surface area contributed by atoms with E-state index in [9.17, 15) is 9.59 Å². The zero-order valence-electron chi connectivity index (χ0n) is 16.3. The fourth-order valence-electron chi connectivity index (χ4n) is 4.68. The molecule has 30 heavy (non-hydrogen) atoms. The van der Waals surface area contributed by atoms with Crippen LogP contribution in [-0.4, -0.2) is 23.8 Å². The molecule has 0 bridgehead atoms. The largest absolute Gasteiger partial charge is 0.478 e. The third kappa shape index (κ3) is 3.12. The van der Waals surface area contributed by atoms with Gasteiger partial charge < -0.3 is 15.2 Å². The van der Waals surface area contributed by atoms with E-state index < -0.39 is 12.1 Å². The third-order valence-electron chi connectivity index (χ3n) is 6.10. The standard InChI is InChI=1S/C25H21NO4/c27-24(28)16-9-11-17-15(13-16)10-12-23(17)26-25(29)30-14-22-20-7-3-1-5-18(20)19-6-2-4-8-21(19)22/h1-9,11,13,22-23H,10,12,14H2,(H,26,29)(H,27,28)/t23-/m1/s1. The van der Waals surface area contributed by atoms with Crippen LogP contribution in [0.1, 0.15) is 51.0 Å². The van der Waals surface area contributed by atoms with Crippen molar-refractivity contribution in [1.29, 1.82) is 0 Å². The number of carbonyl (C=O) groups is 2. The van der Waals surface area contributed by atoms with Crippen molar-refractivity contribution >= 4 is 12.1 Å². The van der Waals surface area contributed by atoms with Gasteiger partial charge in [0.1, 0.15) is 6.61 Å². The summed E-state index contributed by atoms with van der Waals surface area (Å²) in [5, 5.41) is 12.1. The van der Waals surface area contributed by atoms with Crippen LogP contribution in [0.2, 0.25) is 0 Å². The van der Waals surface area contributed by atoms with Crippen LogP contribution in [0.5, 0.6) is 0 Å². The third-order valence-corrected chi connectivity index (χ3v) is 6.10. The molecule has 0 unspecified atom stereocenters. The first kappa shape index (κ1) is 18.4. The number of fused-ring (bicyclic) bond motifs is 4. The molecule has 1 amide bonds. The van der Waals surface area contributed by atoms with Crippen molar-refractivity contribution in [3.63, 3.8) is 0 Å². The molecule has 2 N–H and O–H groups in total. The molecule has 5 nitrogen and oxygen atoms in total. The summed E-state index contributed by atoms with van der Waals surface area (Å²) in [6, 6.07) is 21.4. The van der Waals surface area contributed by atoms with Gasteiger partial charge >= 0.3 is 12.1 Å². The van der Waals surface area contributed by atoms with Crippen molar-refractivity contribution in [2.75, 3.05) is 6.61 Å². The highest BCUT2D eigenvalue weighted by atomic mass is 16.5. The van der Waals surface area contributed by atoms with E-state index in [2.05, 4.69) is 29.6 Å². The lowest BCUT2D eigenvalue weighted by Gasteiger charge is -2.17. The summed E-state index contributed by atoms with van der Waals surface area (Å²) in [6.45, 7) is 0.275. The van der Waals surface area contributed by atoms with Crippen molar-refractivity contribution in [2.24, 2.45) is 0 Å². The van der Waals surface area contributed by atoms with Gasteiger partial charge in [0.25, 0.3) is 0 Å². The monoisotopic (exact) mass is 399 g/mol. The van der Waals surface area contributed by atoms with Crippen LogP contribution in [0.3, 0.4) is 0 Å². The molecule has 1 atom stereocenters. The number of carboxylic acids is 1. The van der Waals surface area contributed by atoms with Crippen molar-refractivity contribution in [2.45, 2.75) is 24.8 Å². The van der Waals surface area contributed by atoms with E-state index >= 15 is 0 Å². The van der Waals surface area contributed by atoms with Crippen LogP contribution in [0, 0.1) is 0 Å². The fourth-order valence-corrected chi connectivity index (χ4v) is 4.68. The number of hydrogen-bond donors (Lipinski definition) is 2. The van der Waals surface area contributed by atoms with Gasteiger partial charge in [-0.1, -0.05) is 54.6 Å². The number of aromatic carboxylic acids is 1. The molecule has 0 saturated heterocycles. The molecule has 3 aromatic rings. The Morgan fingerprint density at radius 3 is 2.27 bits per heavy atom. The first-order valence-corrected chi connectivity index (χ1v) is 10.1. The molecule has 2 aliphatic rings. The molecule has 0 saturated carbocycles. The molecular formula is C25H21NO4. The molecule has 3 aromatic carbocycles. The minimum absolute atomic E-state index is 0.0251. The summed E-state index contributed by atoms with van der Waals surface area (Å²) < 4.78 is 5.63. The molecule has 0 fully saturated rings. The minimum atomic E-state index is -0.939. The quantitative estimate of drug-likeness (QED) is 0.654. The first-order chi connectivity index (χ1) is 14.6. The Morgan fingerprint density at radius 2 is 1.60 bits per heavy atom. The summed E-state index contributed by atoms with van der Waals surface area (Å²) in [5.74, 6) is -0.914. The van der Waals surface area contributed by atoms with Crippen LogP contribution >= 0.6 is 0 Å². The number of alkyl carbamates (subject to hydrolysis) is 1. The number of nitrogens with one attached hydrogen (secondary N) is 1. The zero-order valence-corrected chi connectivity index (χ0v) is 16.3. The van der Waals surface area contributed by atoms with E-state index in [1.165, 1.54) is 22.3 Å². The maximum atomic E-state index is 12.5. The highest BCUT2D eigenvalue weighted by Gasteiger charge is 2.30. The number of amides is 1. The maximum Gasteiger partial charge on any atom is 0.407 e. The van der Waals surface area contributed by atoms with Crippen LogP contribution in [-0.2, 0) is 11.2 Å². The SMILES string of the molecule is O=C(N[C@@H]1CCc2cc(C(=O)O)ccc21)OCC1c2ccccc2-c2ccccc21. The van der Waals surface area contributed by atoms with E-state index in [4.69, 9.17) is 9.84 Å². The highest BCUT2D eigenvalue weighted by molar-refractivity contribution is 5.88. The van der Waals surface area contributed by atoms with Gasteiger partial charge in [-0.15, -0.1) is 0 Å². The average molecular weight is 399 g/mol. The van der Waals surface area contributed by atoms with Crippen LogP contribution in [0.15, 0.2) is 66.7 Å². The Labute approximate surface area is 174 Å². The molecule has 0 spiro atoms. The van der Waals surface area contributed by atoms with Gasteiger partial charge in [-0.3, -0.25) is 0 Å². The molecule has 0 aliphatic heterocycles. The number of ether oxygens (including phenoxy) is 1. The van der Waals surface area contributed by atoms with Gasteiger partial charge in [0.15, 0.2) is 0 Å². The summed E-state index contributed by atoms with van der Waals surface area (Å²) in [4.78, 5) is 23.7. The van der Waals surface area contributed by atoms with Gasteiger partial charge in [-0.25, -0.2) is 9.59 Å². The van der Waals surface area contributed by atoms with Gasteiger partial charge in [0.05, 0.1) is 11.6 Å². The zero-order chi connectivity index (χ0) is 20.7. The second-order valence-corrected chi connectivity index (χ2v) is 7.78. The lowest BCUT2D eigenvalue weighted by Crippen LogP contribution is -2.29. The van der Waals surface area contributed by atoms with Crippen molar-refractivity contribution in [3.05, 3.63) is 94.5 Å². The summed E-state index contributed by atoms with van der Waals surface area (Å²) in [6.07, 6.45) is 1.03. The second kappa shape index (κ2) is 7.34. The number of aryl methyl sites for hydroxylation is 1. The number of carbonyl (C=O) groups excluding carboxylic acids is 1. The molecule has 2 aliphatic carbocycles. The summed E-state index contributed by atoms with van der Waals surface area (Å²) in [7, 11) is 0. The summed E-state index contributed by atoms with van der Waals surface area (Å²) >= 11 is 0. The smallest absolute Gasteiger partial charge is 0.407 e. The predicted octanol–water partition coefficient (Wildman–Crippen LogP) is 4.91. The predicted molar refractivity (Wildman–Crippen MR) is 113 cm³/mol. The molecule has 5 heteroatoms. The summed E-state index contributed by atoms with van der Waals surface area (Å²) in [5.41, 5.74) is 6.96. The Bertz CT molecular complexity index is 1110. The normalized spacial score (nSPS) is 16.5. The molecule has 0 aromatic heterocycles. The van der Waals surface area contributed by atoms with E-state index in [1.54, 1.807) is 18.2 Å². The van der Waals surface area contributed by atoms with Crippen LogP contribution in [0.25, 0.3) is 11.1 Å². The number of hydrogen-bond acceptors (Lipinski definition) is 3. The molecular weight excluding hydrogens is 378 g/mol. The van der Waals surface area contributed by atoms with Gasteiger partial charge in [-0.05, 0) is 58.4 Å². The number of carboxylic acid groups (broad SMARTS) is 1. The van der Waals surface area contributed by atoms with Crippen molar-refractivity contribution < 1.29 is 19.4 Å². The highest BCUT2D eigenvalue weighted by Crippen LogP contribution is 2.44. The second-order valence-electron chi connectivity index (χ2n) is 7.78. The topological polar surface area (TPSA) is 75.6 Å². The number of rotatable bonds is 4. The molecule has 5 rings (SSSR count). The number of benzene rings is 3. The van der Waals surface area contributed by atoms with Gasteiger partial charge in [0.2, 0.25) is 0 Å². The average Bonchev–Trinajstić information content (AvgIpc) is 3.31. The van der Waals surface area contributed by atoms with E-state index in [0.29, 0.717) is 0 Å². The Kier molecular flexibility index (Phi) is 4.51. The van der Waals surface area contributed by atoms with Crippen molar-refractivity contribution in [1.82, 2.24) is 5.32 Å². The Morgan fingerprint density at radius 1 is 0.933 bits per heavy atom. The Balaban J connectivity index is 1.28. The Hall–Kier alpha value is -3.60. The van der Waals surface area contributed by atoms with Crippen molar-refractivity contribution in [3.8, 4) is 11.1 Å². The van der Waals surface area contributed by atoms with E-state index in [0.717, 1.165) is 24.0 Å². The first-order valence-electron chi connectivity index (χ1n) is 10.1. The molecule has 0 heterocycles. The van der Waals surface area contributed by atoms with Crippen LogP contribution < -0.4 is 5.32 Å². The van der Waals surface area contributed by atoms with Gasteiger partial charge in [-0.2, -0.15) is 0 Å². The van der Waals surface area contributed by atoms with Gasteiger partial charge in [0, 0.05) is 5.92 Å². The lowest BCUT2D eigenvalue weighted by atomic mass is 9.98. The fraction of sp³-hybridized carbons (Fsp3) is 0.200. The van der Waals surface area contributed by atoms with E-state index in [-0.39, 0.29) is 24.1 Å². The maximum absolute atomic E-state index is 12.5. The van der Waals surface area contributed by atoms with E-state index in [1.807, 2.05) is 24.3 Å².